The summed E-state index contributed by atoms with van der Waals surface area (Å²) in [5.74, 6) is 0. The monoisotopic (exact) mass is 175 g/mol. The lowest BCUT2D eigenvalue weighted by atomic mass is 10.1. The summed E-state index contributed by atoms with van der Waals surface area (Å²) in [4.78, 5) is 13.0. The molecule has 5 heteroatoms. The third-order valence-corrected chi connectivity index (χ3v) is 1.49. The number of rotatable bonds is 2. The van der Waals surface area contributed by atoms with Crippen LogP contribution in [0.5, 0.6) is 0 Å². The number of alkyl halides is 2. The molecule has 0 saturated heterocycles. The Morgan fingerprint density at radius 1 is 1.58 bits per heavy atom. The van der Waals surface area contributed by atoms with Crippen LogP contribution in [0.4, 0.5) is 8.78 Å². The van der Waals surface area contributed by atoms with E-state index in [0.717, 1.165) is 12.3 Å². The molecule has 0 bridgehead atoms. The van der Waals surface area contributed by atoms with Crippen molar-refractivity contribution < 1.29 is 13.9 Å². The van der Waals surface area contributed by atoms with Crippen molar-refractivity contribution in [3.63, 3.8) is 0 Å². The minimum atomic E-state index is -2.73. The Hall–Kier alpha value is -1.23. The average molecular weight is 175 g/mol. The summed E-state index contributed by atoms with van der Waals surface area (Å²) in [6, 6.07) is 1.08. The third kappa shape index (κ3) is 1.50. The molecule has 3 nitrogen and oxygen atoms in total. The van der Waals surface area contributed by atoms with Gasteiger partial charge in [0.05, 0.1) is 12.2 Å². The van der Waals surface area contributed by atoms with Crippen molar-refractivity contribution in [2.45, 2.75) is 13.0 Å². The van der Waals surface area contributed by atoms with E-state index in [-0.39, 0.29) is 5.56 Å². The van der Waals surface area contributed by atoms with E-state index in [0.29, 0.717) is 0 Å². The van der Waals surface area contributed by atoms with Crippen LogP contribution in [0.1, 0.15) is 17.6 Å². The molecule has 0 radical (unpaired) electrons. The Bertz CT molecular complexity index is 321. The summed E-state index contributed by atoms with van der Waals surface area (Å²) in [5, 5.41) is 8.59. The summed E-state index contributed by atoms with van der Waals surface area (Å²) in [7, 11) is 0. The van der Waals surface area contributed by atoms with Gasteiger partial charge in [-0.1, -0.05) is 0 Å². The number of hydrogen-bond donors (Lipinski definition) is 2. The van der Waals surface area contributed by atoms with Gasteiger partial charge in [0.15, 0.2) is 0 Å². The quantitative estimate of drug-likeness (QED) is 0.698. The van der Waals surface area contributed by atoms with Crippen molar-refractivity contribution in [3.8, 4) is 0 Å². The molecular weight excluding hydrogens is 168 g/mol. The van der Waals surface area contributed by atoms with Gasteiger partial charge in [0.25, 0.3) is 12.0 Å². The van der Waals surface area contributed by atoms with Crippen molar-refractivity contribution in [2.24, 2.45) is 0 Å². The molecule has 0 saturated carbocycles. The molecule has 1 aromatic heterocycles. The minimum absolute atomic E-state index is 0.271. The Morgan fingerprint density at radius 2 is 2.25 bits per heavy atom. The van der Waals surface area contributed by atoms with Crippen molar-refractivity contribution in [3.05, 3.63) is 33.7 Å². The standard InChI is InChI=1S/C7H7F2NO2/c8-6(9)4-1-2-10-7(12)5(4)3-11/h1-2,6,11H,3H2,(H,10,12). The van der Waals surface area contributed by atoms with Crippen LogP contribution in [-0.4, -0.2) is 10.1 Å². The second-order valence-corrected chi connectivity index (χ2v) is 2.20. The van der Waals surface area contributed by atoms with E-state index < -0.39 is 24.2 Å². The molecule has 0 atom stereocenters. The van der Waals surface area contributed by atoms with Gasteiger partial charge in [0.1, 0.15) is 0 Å². The van der Waals surface area contributed by atoms with Gasteiger partial charge in [-0.3, -0.25) is 4.79 Å². The Labute approximate surface area is 66.7 Å². The lowest BCUT2D eigenvalue weighted by molar-refractivity contribution is 0.146. The van der Waals surface area contributed by atoms with Crippen LogP contribution in [0.3, 0.4) is 0 Å². The first kappa shape index (κ1) is 8.86. The van der Waals surface area contributed by atoms with Crippen molar-refractivity contribution in [1.82, 2.24) is 4.98 Å². The van der Waals surface area contributed by atoms with Crippen LogP contribution < -0.4 is 5.56 Å². The van der Waals surface area contributed by atoms with Gasteiger partial charge in [-0.25, -0.2) is 8.78 Å². The Kier molecular flexibility index (Phi) is 2.54. The number of nitrogens with one attached hydrogen (secondary N) is 1. The fourth-order valence-electron chi connectivity index (χ4n) is 0.893. The number of aliphatic hydroxyl groups is 1. The molecule has 12 heavy (non-hydrogen) atoms. The van der Waals surface area contributed by atoms with Crippen molar-refractivity contribution >= 4 is 0 Å². The second-order valence-electron chi connectivity index (χ2n) is 2.20. The lowest BCUT2D eigenvalue weighted by Gasteiger charge is -2.03. The van der Waals surface area contributed by atoms with Gasteiger partial charge in [0.2, 0.25) is 0 Å². The first-order chi connectivity index (χ1) is 5.66. The maximum atomic E-state index is 12.1. The van der Waals surface area contributed by atoms with Gasteiger partial charge in [-0.05, 0) is 6.07 Å². The zero-order chi connectivity index (χ0) is 9.14. The molecule has 0 aromatic carbocycles. The average Bonchev–Trinajstić information content (AvgIpc) is 2.03. The smallest absolute Gasteiger partial charge is 0.264 e. The molecule has 0 amide bonds. The first-order valence-corrected chi connectivity index (χ1v) is 3.26. The van der Waals surface area contributed by atoms with Crippen LogP contribution in [-0.2, 0) is 6.61 Å². The summed E-state index contributed by atoms with van der Waals surface area (Å²) < 4.78 is 24.3. The van der Waals surface area contributed by atoms with E-state index >= 15 is 0 Å². The van der Waals surface area contributed by atoms with Crippen LogP contribution in [0, 0.1) is 0 Å². The fourth-order valence-corrected chi connectivity index (χ4v) is 0.893. The lowest BCUT2D eigenvalue weighted by Crippen LogP contribution is -2.14. The zero-order valence-electron chi connectivity index (χ0n) is 6.05. The van der Waals surface area contributed by atoms with E-state index in [4.69, 9.17) is 5.11 Å². The topological polar surface area (TPSA) is 53.1 Å². The number of hydrogen-bond acceptors (Lipinski definition) is 2. The number of aromatic nitrogens is 1. The molecule has 0 aliphatic carbocycles. The highest BCUT2D eigenvalue weighted by Crippen LogP contribution is 2.19. The number of aliphatic hydroxyl groups excluding tert-OH is 1. The van der Waals surface area contributed by atoms with Gasteiger partial charge in [-0.2, -0.15) is 0 Å². The zero-order valence-corrected chi connectivity index (χ0v) is 6.05. The van der Waals surface area contributed by atoms with Crippen LogP contribution in [0.25, 0.3) is 0 Å². The van der Waals surface area contributed by atoms with E-state index in [1.54, 1.807) is 0 Å². The number of aromatic amines is 1. The van der Waals surface area contributed by atoms with Gasteiger partial charge in [0, 0.05) is 11.8 Å². The summed E-state index contributed by atoms with van der Waals surface area (Å²) >= 11 is 0. The molecule has 1 rings (SSSR count). The van der Waals surface area contributed by atoms with Crippen LogP contribution in [0.15, 0.2) is 17.1 Å². The first-order valence-electron chi connectivity index (χ1n) is 3.26. The third-order valence-electron chi connectivity index (χ3n) is 1.49. The normalized spacial score (nSPS) is 10.7. The molecule has 0 unspecified atom stereocenters. The molecule has 2 N–H and O–H groups in total. The van der Waals surface area contributed by atoms with E-state index in [1.807, 2.05) is 0 Å². The highest BCUT2D eigenvalue weighted by Gasteiger charge is 2.14. The SMILES string of the molecule is O=c1[nH]ccc(C(F)F)c1CO. The molecule has 0 spiro atoms. The maximum Gasteiger partial charge on any atom is 0.264 e. The maximum absolute atomic E-state index is 12.1. The van der Waals surface area contributed by atoms with Crippen LogP contribution >= 0.6 is 0 Å². The van der Waals surface area contributed by atoms with Gasteiger partial charge < -0.3 is 10.1 Å². The predicted octanol–water partition coefficient (Wildman–Crippen LogP) is 0.805. The molecule has 1 aromatic rings. The highest BCUT2D eigenvalue weighted by molar-refractivity contribution is 5.23. The fraction of sp³-hybridized carbons (Fsp3) is 0.286. The van der Waals surface area contributed by atoms with E-state index in [1.165, 1.54) is 0 Å². The summed E-state index contributed by atoms with van der Waals surface area (Å²) in [6.45, 7) is -0.671. The van der Waals surface area contributed by atoms with Crippen molar-refractivity contribution in [2.75, 3.05) is 0 Å². The van der Waals surface area contributed by atoms with Crippen molar-refractivity contribution in [1.29, 1.82) is 0 Å². The molecule has 0 aliphatic heterocycles. The van der Waals surface area contributed by atoms with E-state index in [9.17, 15) is 13.6 Å². The van der Waals surface area contributed by atoms with Crippen LogP contribution in [0.2, 0.25) is 0 Å². The predicted molar refractivity (Wildman–Crippen MR) is 37.9 cm³/mol. The number of H-pyrrole nitrogens is 1. The Balaban J connectivity index is 3.28. The summed E-state index contributed by atoms with van der Waals surface area (Å²) in [6.07, 6.45) is -1.60. The highest BCUT2D eigenvalue weighted by atomic mass is 19.3. The molecule has 1 heterocycles. The summed E-state index contributed by atoms with van der Waals surface area (Å²) in [5.41, 5.74) is -1.36. The molecule has 0 aliphatic rings. The second kappa shape index (κ2) is 3.44. The van der Waals surface area contributed by atoms with Gasteiger partial charge in [-0.15, -0.1) is 0 Å². The van der Waals surface area contributed by atoms with E-state index in [2.05, 4.69) is 4.98 Å². The van der Waals surface area contributed by atoms with Gasteiger partial charge >= 0.3 is 0 Å². The Morgan fingerprint density at radius 3 is 2.67 bits per heavy atom. The molecule has 0 fully saturated rings. The minimum Gasteiger partial charge on any atom is -0.391 e. The largest absolute Gasteiger partial charge is 0.391 e. The molecule has 66 valence electrons. The molecular formula is C7H7F2NO2. The number of pyridine rings is 1. The number of halogens is 2.